The number of nitrogens with zero attached hydrogens (tertiary/aromatic N) is 2. The molecule has 1 heterocycles. The molecule has 1 fully saturated rings. The Hall–Kier alpha value is -2.87. The Bertz CT molecular complexity index is 908. The van der Waals surface area contributed by atoms with Crippen LogP contribution in [0.3, 0.4) is 0 Å². The van der Waals surface area contributed by atoms with Gasteiger partial charge in [0, 0.05) is 37.6 Å². The van der Waals surface area contributed by atoms with Crippen LogP contribution in [0.25, 0.3) is 0 Å². The Morgan fingerprint density at radius 3 is 2.30 bits per heavy atom. The van der Waals surface area contributed by atoms with Gasteiger partial charge in [0.1, 0.15) is 5.75 Å². The summed E-state index contributed by atoms with van der Waals surface area (Å²) < 4.78 is 22.5. The van der Waals surface area contributed by atoms with Gasteiger partial charge < -0.3 is 19.3 Å². The molecule has 0 aliphatic carbocycles. The topological polar surface area (TPSA) is 76.2 Å². The Labute approximate surface area is 179 Å². The number of anilines is 1. The number of hydrogen-bond donors (Lipinski definition) is 0. The molecular weight excluding hydrogens is 404 g/mol. The van der Waals surface area contributed by atoms with E-state index in [0.29, 0.717) is 36.8 Å². The molecule has 1 atom stereocenters. The van der Waals surface area contributed by atoms with Crippen LogP contribution in [-0.2, 0) is 20.3 Å². The van der Waals surface area contributed by atoms with Crippen molar-refractivity contribution >= 4 is 28.4 Å². The van der Waals surface area contributed by atoms with Gasteiger partial charge in [-0.2, -0.15) is 0 Å². The summed E-state index contributed by atoms with van der Waals surface area (Å²) in [7, 11) is 0.358. The van der Waals surface area contributed by atoms with Crippen LogP contribution in [-0.4, -0.2) is 66.6 Å². The largest absolute Gasteiger partial charge is 0.497 e. The monoisotopic (exact) mass is 430 g/mol. The first-order valence-electron chi connectivity index (χ1n) is 9.84. The van der Waals surface area contributed by atoms with Crippen molar-refractivity contribution in [2.24, 2.45) is 0 Å². The number of esters is 1. The van der Waals surface area contributed by atoms with E-state index in [1.165, 1.54) is 0 Å². The normalized spacial score (nSPS) is 14.9. The van der Waals surface area contributed by atoms with Crippen LogP contribution in [0.5, 0.6) is 5.75 Å². The number of amides is 1. The second kappa shape index (κ2) is 10.2. The molecule has 0 unspecified atom stereocenters. The third-order valence-corrected chi connectivity index (χ3v) is 6.38. The number of ether oxygens (including phenoxy) is 2. The van der Waals surface area contributed by atoms with Crippen LogP contribution in [0.4, 0.5) is 5.69 Å². The molecular formula is C22H26N2O5S. The van der Waals surface area contributed by atoms with Crippen LogP contribution in [0.1, 0.15) is 17.3 Å². The van der Waals surface area contributed by atoms with Crippen LogP contribution in [0.15, 0.2) is 53.4 Å². The summed E-state index contributed by atoms with van der Waals surface area (Å²) in [6.07, 6.45) is 0. The molecule has 1 saturated heterocycles. The number of carbonyl (C=O) groups is 2. The maximum absolute atomic E-state index is 12.5. The quantitative estimate of drug-likeness (QED) is 0.628. The summed E-state index contributed by atoms with van der Waals surface area (Å²) in [5, 5.41) is 0. The molecule has 2 aromatic rings. The molecule has 3 rings (SSSR count). The third kappa shape index (κ3) is 5.18. The predicted molar refractivity (Wildman–Crippen MR) is 115 cm³/mol. The second-order valence-corrected chi connectivity index (χ2v) is 8.48. The molecule has 0 bridgehead atoms. The molecule has 0 radical (unpaired) electrons. The first-order chi connectivity index (χ1) is 14.5. The van der Waals surface area contributed by atoms with E-state index < -0.39 is 16.8 Å². The molecule has 160 valence electrons. The van der Waals surface area contributed by atoms with Gasteiger partial charge in [-0.1, -0.05) is 19.1 Å². The summed E-state index contributed by atoms with van der Waals surface area (Å²) in [5.41, 5.74) is 1.32. The first-order valence-corrected chi connectivity index (χ1v) is 11.2. The highest BCUT2D eigenvalue weighted by Crippen LogP contribution is 2.20. The Balaban J connectivity index is 1.51. The summed E-state index contributed by atoms with van der Waals surface area (Å²) in [4.78, 5) is 29.2. The van der Waals surface area contributed by atoms with Gasteiger partial charge in [0.2, 0.25) is 0 Å². The molecule has 0 spiro atoms. The number of methoxy groups -OCH3 is 1. The lowest BCUT2D eigenvalue weighted by atomic mass is 10.2. The van der Waals surface area contributed by atoms with Crippen LogP contribution in [0.2, 0.25) is 0 Å². The zero-order chi connectivity index (χ0) is 21.5. The van der Waals surface area contributed by atoms with Crippen molar-refractivity contribution in [2.45, 2.75) is 11.8 Å². The summed E-state index contributed by atoms with van der Waals surface area (Å²) in [6, 6.07) is 14.5. The number of carbonyl (C=O) groups excluding carboxylic acids is 2. The average molecular weight is 431 g/mol. The van der Waals surface area contributed by atoms with Gasteiger partial charge in [-0.05, 0) is 36.4 Å². The standard InChI is InChI=1S/C22H26N2O5S/c1-3-30(27)20-7-5-4-6-19(20)22(26)29-16-21(25)24-14-12-23(13-15-24)17-8-10-18(28-2)11-9-17/h4-11H,3,12-16H2,1-2H3/t30-/m0/s1. The second-order valence-electron chi connectivity index (χ2n) is 6.77. The lowest BCUT2D eigenvalue weighted by molar-refractivity contribution is -0.134. The van der Waals surface area contributed by atoms with Gasteiger partial charge in [0.15, 0.2) is 6.61 Å². The van der Waals surface area contributed by atoms with Gasteiger partial charge in [0.25, 0.3) is 5.91 Å². The summed E-state index contributed by atoms with van der Waals surface area (Å²) in [6.45, 7) is 3.97. The SMILES string of the molecule is CC[S@](=O)c1ccccc1C(=O)OCC(=O)N1CCN(c2ccc(OC)cc2)CC1. The highest BCUT2D eigenvalue weighted by atomic mass is 32.2. The van der Waals surface area contributed by atoms with Gasteiger partial charge >= 0.3 is 5.97 Å². The molecule has 7 nitrogen and oxygen atoms in total. The number of benzene rings is 2. The molecule has 2 aromatic carbocycles. The number of hydrogen-bond acceptors (Lipinski definition) is 6. The van der Waals surface area contributed by atoms with E-state index in [-0.39, 0.29) is 18.1 Å². The van der Waals surface area contributed by atoms with E-state index in [4.69, 9.17) is 9.47 Å². The van der Waals surface area contributed by atoms with Crippen LogP contribution in [0, 0.1) is 0 Å². The van der Waals surface area contributed by atoms with E-state index in [2.05, 4.69) is 4.90 Å². The fraction of sp³-hybridized carbons (Fsp3) is 0.364. The zero-order valence-electron chi connectivity index (χ0n) is 17.2. The molecule has 0 aromatic heterocycles. The van der Waals surface area contributed by atoms with Gasteiger partial charge in [0.05, 0.1) is 28.4 Å². The van der Waals surface area contributed by atoms with Gasteiger partial charge in [-0.3, -0.25) is 9.00 Å². The van der Waals surface area contributed by atoms with Crippen LogP contribution >= 0.6 is 0 Å². The third-order valence-electron chi connectivity index (χ3n) is 5.01. The number of piperazine rings is 1. The molecule has 1 aliphatic heterocycles. The van der Waals surface area contributed by atoms with Crippen molar-refractivity contribution in [2.75, 3.05) is 50.5 Å². The fourth-order valence-electron chi connectivity index (χ4n) is 3.29. The predicted octanol–water partition coefficient (Wildman–Crippen LogP) is 2.33. The average Bonchev–Trinajstić information content (AvgIpc) is 2.82. The highest BCUT2D eigenvalue weighted by molar-refractivity contribution is 7.85. The van der Waals surface area contributed by atoms with Crippen molar-refractivity contribution in [3.05, 3.63) is 54.1 Å². The lowest BCUT2D eigenvalue weighted by Crippen LogP contribution is -2.49. The van der Waals surface area contributed by atoms with E-state index in [0.717, 1.165) is 11.4 Å². The molecule has 30 heavy (non-hydrogen) atoms. The minimum Gasteiger partial charge on any atom is -0.497 e. The molecule has 0 N–H and O–H groups in total. The van der Waals surface area contributed by atoms with Crippen molar-refractivity contribution < 1.29 is 23.3 Å². The maximum atomic E-state index is 12.5. The van der Waals surface area contributed by atoms with Crippen molar-refractivity contribution in [3.8, 4) is 5.75 Å². The Morgan fingerprint density at radius 2 is 1.67 bits per heavy atom. The van der Waals surface area contributed by atoms with Gasteiger partial charge in [-0.15, -0.1) is 0 Å². The fourth-order valence-corrected chi connectivity index (χ4v) is 4.23. The van der Waals surface area contributed by atoms with Gasteiger partial charge in [-0.25, -0.2) is 4.79 Å². The van der Waals surface area contributed by atoms with E-state index in [1.54, 1.807) is 43.2 Å². The van der Waals surface area contributed by atoms with Crippen molar-refractivity contribution in [3.63, 3.8) is 0 Å². The lowest BCUT2D eigenvalue weighted by Gasteiger charge is -2.36. The van der Waals surface area contributed by atoms with E-state index in [9.17, 15) is 13.8 Å². The molecule has 0 saturated carbocycles. The Kier molecular flexibility index (Phi) is 7.46. The van der Waals surface area contributed by atoms with E-state index >= 15 is 0 Å². The van der Waals surface area contributed by atoms with E-state index in [1.807, 2.05) is 24.3 Å². The van der Waals surface area contributed by atoms with Crippen molar-refractivity contribution in [1.29, 1.82) is 0 Å². The summed E-state index contributed by atoms with van der Waals surface area (Å²) >= 11 is 0. The Morgan fingerprint density at radius 1 is 1.00 bits per heavy atom. The van der Waals surface area contributed by atoms with Crippen molar-refractivity contribution in [1.82, 2.24) is 4.90 Å². The molecule has 1 aliphatic rings. The maximum Gasteiger partial charge on any atom is 0.339 e. The summed E-state index contributed by atoms with van der Waals surface area (Å²) in [5.74, 6) is 0.352. The highest BCUT2D eigenvalue weighted by Gasteiger charge is 2.23. The minimum absolute atomic E-state index is 0.230. The first kappa shape index (κ1) is 21.8. The smallest absolute Gasteiger partial charge is 0.339 e. The number of rotatable bonds is 7. The minimum atomic E-state index is -1.28. The molecule has 8 heteroatoms. The van der Waals surface area contributed by atoms with Crippen LogP contribution < -0.4 is 9.64 Å². The molecule has 1 amide bonds. The zero-order valence-corrected chi connectivity index (χ0v) is 18.0.